The molecule has 0 aliphatic rings. The van der Waals surface area contributed by atoms with Gasteiger partial charge in [0.15, 0.2) is 0 Å². The summed E-state index contributed by atoms with van der Waals surface area (Å²) in [4.78, 5) is 0. The second kappa shape index (κ2) is 3.01. The highest BCUT2D eigenvalue weighted by atomic mass is 19.4. The Bertz CT molecular complexity index is 325. The highest BCUT2D eigenvalue weighted by molar-refractivity contribution is 5.34. The number of rotatable bonds is 0. The van der Waals surface area contributed by atoms with Gasteiger partial charge in [-0.25, -0.2) is 4.39 Å². The molecule has 0 amide bonds. The Balaban J connectivity index is 3.43. The summed E-state index contributed by atoms with van der Waals surface area (Å²) < 4.78 is 49.8. The minimum absolute atomic E-state index is 0.0120. The highest BCUT2D eigenvalue weighted by Crippen LogP contribution is 2.34. The molecule has 0 N–H and O–H groups in total. The molecule has 0 aliphatic carbocycles. The van der Waals surface area contributed by atoms with Crippen LogP contribution in [0.3, 0.4) is 0 Å². The zero-order chi connectivity index (χ0) is 10.2. The summed E-state index contributed by atoms with van der Waals surface area (Å²) >= 11 is 0. The zero-order valence-corrected chi connectivity index (χ0v) is 7.17. The van der Waals surface area contributed by atoms with Gasteiger partial charge in [0.25, 0.3) is 0 Å². The molecule has 1 aromatic rings. The van der Waals surface area contributed by atoms with Gasteiger partial charge in [0.1, 0.15) is 5.82 Å². The fraction of sp³-hybridized carbons (Fsp3) is 0.333. The third-order valence-electron chi connectivity index (χ3n) is 1.83. The molecule has 13 heavy (non-hydrogen) atoms. The fourth-order valence-corrected chi connectivity index (χ4v) is 1.12. The van der Waals surface area contributed by atoms with Crippen molar-refractivity contribution < 1.29 is 17.6 Å². The van der Waals surface area contributed by atoms with Crippen LogP contribution in [0.2, 0.25) is 0 Å². The van der Waals surface area contributed by atoms with Crippen LogP contribution in [0.5, 0.6) is 0 Å². The van der Waals surface area contributed by atoms with Gasteiger partial charge in [0, 0.05) is 0 Å². The summed E-state index contributed by atoms with van der Waals surface area (Å²) in [5.41, 5.74) is -1.24. The van der Waals surface area contributed by atoms with E-state index in [4.69, 9.17) is 0 Å². The average Bonchev–Trinajstić information content (AvgIpc) is 1.95. The van der Waals surface area contributed by atoms with E-state index in [9.17, 15) is 17.6 Å². The molecule has 0 saturated heterocycles. The van der Waals surface area contributed by atoms with E-state index in [0.29, 0.717) is 0 Å². The Morgan fingerprint density at radius 3 is 1.85 bits per heavy atom. The van der Waals surface area contributed by atoms with Crippen LogP contribution < -0.4 is 0 Å². The molecule has 0 spiro atoms. The lowest BCUT2D eigenvalue weighted by Crippen LogP contribution is -2.11. The molecule has 4 heteroatoms. The van der Waals surface area contributed by atoms with Gasteiger partial charge in [0.05, 0.1) is 5.56 Å². The normalized spacial score (nSPS) is 11.8. The maximum atomic E-state index is 13.0. The molecule has 1 rings (SSSR count). The molecule has 72 valence electrons. The first-order valence-electron chi connectivity index (χ1n) is 3.67. The predicted octanol–water partition coefficient (Wildman–Crippen LogP) is 3.46. The SMILES string of the molecule is Cc1ccc(C)c(C(F)(F)F)c1F. The first-order chi connectivity index (χ1) is 5.84. The molecule has 0 nitrogen and oxygen atoms in total. The Morgan fingerprint density at radius 1 is 1.00 bits per heavy atom. The van der Waals surface area contributed by atoms with E-state index in [1.54, 1.807) is 0 Å². The van der Waals surface area contributed by atoms with Crippen molar-refractivity contribution in [1.29, 1.82) is 0 Å². The molecular formula is C9H8F4. The highest BCUT2D eigenvalue weighted by Gasteiger charge is 2.36. The van der Waals surface area contributed by atoms with E-state index in [1.807, 2.05) is 0 Å². The quantitative estimate of drug-likeness (QED) is 0.552. The number of halogens is 4. The van der Waals surface area contributed by atoms with Gasteiger partial charge < -0.3 is 0 Å². The van der Waals surface area contributed by atoms with Crippen LogP contribution in [0.4, 0.5) is 17.6 Å². The van der Waals surface area contributed by atoms with E-state index in [2.05, 4.69) is 0 Å². The van der Waals surface area contributed by atoms with Crippen molar-refractivity contribution in [3.8, 4) is 0 Å². The van der Waals surface area contributed by atoms with Gasteiger partial charge in [-0.05, 0) is 25.0 Å². The Kier molecular flexibility index (Phi) is 2.32. The van der Waals surface area contributed by atoms with Crippen molar-refractivity contribution >= 4 is 0 Å². The zero-order valence-electron chi connectivity index (χ0n) is 7.17. The van der Waals surface area contributed by atoms with Crippen LogP contribution in [0.15, 0.2) is 12.1 Å². The first-order valence-corrected chi connectivity index (χ1v) is 3.67. The van der Waals surface area contributed by atoms with Crippen molar-refractivity contribution in [2.75, 3.05) is 0 Å². The van der Waals surface area contributed by atoms with E-state index >= 15 is 0 Å². The lowest BCUT2D eigenvalue weighted by molar-refractivity contribution is -0.140. The van der Waals surface area contributed by atoms with Crippen molar-refractivity contribution in [2.45, 2.75) is 20.0 Å². The molecule has 0 heterocycles. The molecule has 0 aromatic heterocycles. The summed E-state index contributed by atoms with van der Waals surface area (Å²) in [7, 11) is 0. The minimum atomic E-state index is -4.61. The van der Waals surface area contributed by atoms with Gasteiger partial charge in [-0.1, -0.05) is 12.1 Å². The number of benzene rings is 1. The predicted molar refractivity (Wildman–Crippen MR) is 40.9 cm³/mol. The van der Waals surface area contributed by atoms with Gasteiger partial charge in [0.2, 0.25) is 0 Å². The Labute approximate surface area is 73.2 Å². The lowest BCUT2D eigenvalue weighted by atomic mass is 10.0. The molecule has 0 atom stereocenters. The summed E-state index contributed by atoms with van der Waals surface area (Å²) in [6, 6.07) is 2.60. The smallest absolute Gasteiger partial charge is 0.206 e. The summed E-state index contributed by atoms with van der Waals surface area (Å²) in [5.74, 6) is -1.17. The third kappa shape index (κ3) is 1.82. The van der Waals surface area contributed by atoms with Gasteiger partial charge >= 0.3 is 6.18 Å². The molecule has 0 radical (unpaired) electrons. The number of alkyl halides is 3. The van der Waals surface area contributed by atoms with Crippen LogP contribution in [0.1, 0.15) is 16.7 Å². The third-order valence-corrected chi connectivity index (χ3v) is 1.83. The number of hydrogen-bond donors (Lipinski definition) is 0. The molecule has 0 aliphatic heterocycles. The standard InChI is InChI=1S/C9H8F4/c1-5-3-4-6(2)8(10)7(5)9(11,12)13/h3-4H,1-2H3. The van der Waals surface area contributed by atoms with Gasteiger partial charge in [-0.3, -0.25) is 0 Å². The maximum absolute atomic E-state index is 13.0. The molecule has 0 saturated carbocycles. The van der Waals surface area contributed by atoms with Crippen LogP contribution in [-0.4, -0.2) is 0 Å². The van der Waals surface area contributed by atoms with Crippen molar-refractivity contribution in [1.82, 2.24) is 0 Å². The summed E-state index contributed by atoms with van der Waals surface area (Å²) in [5, 5.41) is 0. The monoisotopic (exact) mass is 192 g/mol. The van der Waals surface area contributed by atoms with Crippen molar-refractivity contribution in [3.63, 3.8) is 0 Å². The Hall–Kier alpha value is -1.06. The van der Waals surface area contributed by atoms with Crippen LogP contribution in [0.25, 0.3) is 0 Å². The number of hydrogen-bond acceptors (Lipinski definition) is 0. The van der Waals surface area contributed by atoms with Crippen LogP contribution >= 0.6 is 0 Å². The second-order valence-electron chi connectivity index (χ2n) is 2.89. The molecule has 1 aromatic carbocycles. The minimum Gasteiger partial charge on any atom is -0.206 e. The Morgan fingerprint density at radius 2 is 1.46 bits per heavy atom. The topological polar surface area (TPSA) is 0 Å². The lowest BCUT2D eigenvalue weighted by Gasteiger charge is -2.12. The largest absolute Gasteiger partial charge is 0.419 e. The maximum Gasteiger partial charge on any atom is 0.419 e. The van der Waals surface area contributed by atoms with E-state index in [1.165, 1.54) is 26.0 Å². The van der Waals surface area contributed by atoms with Crippen molar-refractivity contribution in [3.05, 3.63) is 34.6 Å². The van der Waals surface area contributed by atoms with E-state index < -0.39 is 17.6 Å². The first kappa shape index (κ1) is 10.0. The van der Waals surface area contributed by atoms with Gasteiger partial charge in [-0.2, -0.15) is 13.2 Å². The molecule has 0 fully saturated rings. The van der Waals surface area contributed by atoms with Gasteiger partial charge in [-0.15, -0.1) is 0 Å². The summed E-state index contributed by atoms with van der Waals surface area (Å²) in [6.45, 7) is 2.55. The van der Waals surface area contributed by atoms with E-state index in [-0.39, 0.29) is 11.1 Å². The van der Waals surface area contributed by atoms with Crippen LogP contribution in [0, 0.1) is 19.7 Å². The van der Waals surface area contributed by atoms with Crippen molar-refractivity contribution in [2.24, 2.45) is 0 Å². The number of aryl methyl sites for hydroxylation is 2. The molecular weight excluding hydrogens is 184 g/mol. The second-order valence-corrected chi connectivity index (χ2v) is 2.89. The average molecular weight is 192 g/mol. The molecule has 0 bridgehead atoms. The summed E-state index contributed by atoms with van der Waals surface area (Å²) in [6.07, 6.45) is -4.61. The van der Waals surface area contributed by atoms with E-state index in [0.717, 1.165) is 0 Å². The molecule has 0 unspecified atom stereocenters. The van der Waals surface area contributed by atoms with Crippen LogP contribution in [-0.2, 0) is 6.18 Å². The fourth-order valence-electron chi connectivity index (χ4n) is 1.12.